The number of alkyl carbamates (subject to hydrolysis) is 1. The molecule has 0 aliphatic heterocycles. The lowest BCUT2D eigenvalue weighted by Gasteiger charge is -2.21. The van der Waals surface area contributed by atoms with Gasteiger partial charge >= 0.3 is 6.09 Å². The van der Waals surface area contributed by atoms with Gasteiger partial charge in [0.2, 0.25) is 5.91 Å². The fourth-order valence-electron chi connectivity index (χ4n) is 3.50. The Balaban J connectivity index is 1.49. The van der Waals surface area contributed by atoms with Gasteiger partial charge in [-0.05, 0) is 59.0 Å². The minimum Gasteiger partial charge on any atom is -0.459 e. The molecule has 8 nitrogen and oxygen atoms in total. The van der Waals surface area contributed by atoms with Crippen LogP contribution in [-0.4, -0.2) is 54.2 Å². The average molecular weight is 467 g/mol. The van der Waals surface area contributed by atoms with Gasteiger partial charge in [-0.2, -0.15) is 0 Å². The van der Waals surface area contributed by atoms with Crippen molar-refractivity contribution in [2.45, 2.75) is 45.3 Å². The molecule has 2 amide bonds. The standard InChI is InChI=1S/C26H34N4O4/c1-26(2,3)34-25(32)28-14-8-15-30(4)16-12-23(31)29-24(20-10-7-13-27-18-20)22-17-19-9-5-6-11-21(19)33-22/h5-7,9-11,13,17-18,24H,8,12,14-16H2,1-4H3,(H,28,32)(H,29,31). The molecule has 0 spiro atoms. The highest BCUT2D eigenvalue weighted by atomic mass is 16.6. The van der Waals surface area contributed by atoms with Crippen LogP contribution in [0.4, 0.5) is 4.79 Å². The van der Waals surface area contributed by atoms with E-state index in [0.29, 0.717) is 25.3 Å². The first-order valence-electron chi connectivity index (χ1n) is 11.5. The van der Waals surface area contributed by atoms with Crippen molar-refractivity contribution in [1.82, 2.24) is 20.5 Å². The molecule has 1 atom stereocenters. The molecule has 0 aliphatic carbocycles. The van der Waals surface area contributed by atoms with Crippen molar-refractivity contribution in [2.24, 2.45) is 0 Å². The van der Waals surface area contributed by atoms with Crippen molar-refractivity contribution in [3.63, 3.8) is 0 Å². The number of benzene rings is 1. The van der Waals surface area contributed by atoms with Crippen molar-refractivity contribution in [2.75, 3.05) is 26.7 Å². The van der Waals surface area contributed by atoms with Crippen LogP contribution >= 0.6 is 0 Å². The van der Waals surface area contributed by atoms with Crippen LogP contribution in [0.1, 0.15) is 51.0 Å². The van der Waals surface area contributed by atoms with E-state index in [4.69, 9.17) is 9.15 Å². The summed E-state index contributed by atoms with van der Waals surface area (Å²) in [6.45, 7) is 7.35. The number of rotatable bonds is 10. The Hall–Kier alpha value is -3.39. The van der Waals surface area contributed by atoms with Gasteiger partial charge in [0, 0.05) is 42.9 Å². The Morgan fingerprint density at radius 3 is 2.65 bits per heavy atom. The molecule has 3 rings (SSSR count). The number of para-hydroxylation sites is 1. The molecule has 34 heavy (non-hydrogen) atoms. The molecule has 1 unspecified atom stereocenters. The van der Waals surface area contributed by atoms with Crippen LogP contribution in [0.15, 0.2) is 59.3 Å². The zero-order chi connectivity index (χ0) is 24.6. The number of nitrogens with zero attached hydrogens (tertiary/aromatic N) is 2. The molecule has 3 aromatic rings. The summed E-state index contributed by atoms with van der Waals surface area (Å²) in [6, 6.07) is 13.1. The largest absolute Gasteiger partial charge is 0.459 e. The summed E-state index contributed by atoms with van der Waals surface area (Å²) in [5.41, 5.74) is 1.13. The van der Waals surface area contributed by atoms with Gasteiger partial charge in [-0.1, -0.05) is 24.3 Å². The number of hydrogen-bond acceptors (Lipinski definition) is 6. The Morgan fingerprint density at radius 1 is 1.15 bits per heavy atom. The lowest BCUT2D eigenvalue weighted by atomic mass is 10.1. The smallest absolute Gasteiger partial charge is 0.407 e. The first kappa shape index (κ1) is 25.2. The predicted octanol–water partition coefficient (Wildman–Crippen LogP) is 4.27. The van der Waals surface area contributed by atoms with E-state index in [9.17, 15) is 9.59 Å². The number of amides is 2. The topological polar surface area (TPSA) is 96.7 Å². The van der Waals surface area contributed by atoms with Crippen LogP contribution < -0.4 is 10.6 Å². The van der Waals surface area contributed by atoms with E-state index in [-0.39, 0.29) is 5.91 Å². The van der Waals surface area contributed by atoms with Crippen LogP contribution in [0.2, 0.25) is 0 Å². The molecule has 2 aromatic heterocycles. The van der Waals surface area contributed by atoms with E-state index in [1.807, 2.05) is 70.3 Å². The van der Waals surface area contributed by atoms with Crippen molar-refractivity contribution in [3.8, 4) is 0 Å². The van der Waals surface area contributed by atoms with Gasteiger partial charge in [0.25, 0.3) is 0 Å². The number of pyridine rings is 1. The molecule has 0 saturated heterocycles. The highest BCUT2D eigenvalue weighted by Gasteiger charge is 2.21. The minimum absolute atomic E-state index is 0.0759. The quantitative estimate of drug-likeness (QED) is 0.433. The number of carbonyl (C=O) groups excluding carboxylic acids is 2. The highest BCUT2D eigenvalue weighted by molar-refractivity contribution is 5.79. The zero-order valence-electron chi connectivity index (χ0n) is 20.3. The molecule has 1 aromatic carbocycles. The molecule has 2 N–H and O–H groups in total. The number of carbonyl (C=O) groups is 2. The summed E-state index contributed by atoms with van der Waals surface area (Å²) in [5, 5.41) is 6.83. The van der Waals surface area contributed by atoms with Crippen molar-refractivity contribution in [3.05, 3.63) is 66.2 Å². The maximum atomic E-state index is 12.8. The second-order valence-electron chi connectivity index (χ2n) is 9.31. The van der Waals surface area contributed by atoms with Crippen LogP contribution in [-0.2, 0) is 9.53 Å². The number of fused-ring (bicyclic) bond motifs is 1. The molecular formula is C26H34N4O4. The number of nitrogens with one attached hydrogen (secondary N) is 2. The van der Waals surface area contributed by atoms with E-state index in [1.54, 1.807) is 12.4 Å². The summed E-state index contributed by atoms with van der Waals surface area (Å²) >= 11 is 0. The number of aromatic nitrogens is 1. The van der Waals surface area contributed by atoms with Crippen molar-refractivity contribution < 1.29 is 18.7 Å². The van der Waals surface area contributed by atoms with Gasteiger partial charge in [0.05, 0.1) is 0 Å². The molecule has 182 valence electrons. The first-order chi connectivity index (χ1) is 16.2. The maximum absolute atomic E-state index is 12.8. The van der Waals surface area contributed by atoms with Gasteiger partial charge in [-0.3, -0.25) is 9.78 Å². The van der Waals surface area contributed by atoms with Gasteiger partial charge < -0.3 is 24.7 Å². The van der Waals surface area contributed by atoms with Crippen LogP contribution in [0.3, 0.4) is 0 Å². The third-order valence-corrected chi connectivity index (χ3v) is 5.16. The summed E-state index contributed by atoms with van der Waals surface area (Å²) in [4.78, 5) is 30.8. The number of hydrogen-bond donors (Lipinski definition) is 2. The monoisotopic (exact) mass is 466 g/mol. The Labute approximate surface area is 200 Å². The molecule has 0 saturated carbocycles. The number of ether oxygens (including phenoxy) is 1. The van der Waals surface area contributed by atoms with E-state index >= 15 is 0 Å². The van der Waals surface area contributed by atoms with Crippen LogP contribution in [0.25, 0.3) is 11.0 Å². The summed E-state index contributed by atoms with van der Waals surface area (Å²) in [6.07, 6.45) is 4.12. The lowest BCUT2D eigenvalue weighted by Crippen LogP contribution is -2.35. The summed E-state index contributed by atoms with van der Waals surface area (Å²) in [5.74, 6) is 0.595. The van der Waals surface area contributed by atoms with E-state index in [0.717, 1.165) is 29.5 Å². The zero-order valence-corrected chi connectivity index (χ0v) is 20.3. The molecular weight excluding hydrogens is 432 g/mol. The summed E-state index contributed by atoms with van der Waals surface area (Å²) < 4.78 is 11.3. The number of furan rings is 1. The third kappa shape index (κ3) is 7.88. The summed E-state index contributed by atoms with van der Waals surface area (Å²) in [7, 11) is 1.96. The molecule has 2 heterocycles. The van der Waals surface area contributed by atoms with Gasteiger partial charge in [-0.15, -0.1) is 0 Å². The van der Waals surface area contributed by atoms with Crippen LogP contribution in [0.5, 0.6) is 0 Å². The van der Waals surface area contributed by atoms with Crippen LogP contribution in [0, 0.1) is 0 Å². The average Bonchev–Trinajstić information content (AvgIpc) is 3.22. The lowest BCUT2D eigenvalue weighted by molar-refractivity contribution is -0.122. The van der Waals surface area contributed by atoms with E-state index < -0.39 is 17.7 Å². The Bertz CT molecular complexity index is 1040. The predicted molar refractivity (Wildman–Crippen MR) is 131 cm³/mol. The molecule has 0 radical (unpaired) electrons. The molecule has 0 fully saturated rings. The minimum atomic E-state index is -0.510. The van der Waals surface area contributed by atoms with E-state index in [1.165, 1.54) is 0 Å². The molecule has 8 heteroatoms. The van der Waals surface area contributed by atoms with Gasteiger partial charge in [-0.25, -0.2) is 4.79 Å². The maximum Gasteiger partial charge on any atom is 0.407 e. The Kier molecular flexibility index (Phi) is 8.65. The fraction of sp³-hybridized carbons (Fsp3) is 0.423. The second-order valence-corrected chi connectivity index (χ2v) is 9.31. The van der Waals surface area contributed by atoms with Gasteiger partial charge in [0.1, 0.15) is 23.0 Å². The normalized spacial score (nSPS) is 12.5. The Morgan fingerprint density at radius 2 is 1.94 bits per heavy atom. The molecule has 0 bridgehead atoms. The SMILES string of the molecule is CN(CCCNC(=O)OC(C)(C)C)CCC(=O)NC(c1cccnc1)c1cc2ccccc2o1. The van der Waals surface area contributed by atoms with Gasteiger partial charge in [0.15, 0.2) is 0 Å². The highest BCUT2D eigenvalue weighted by Crippen LogP contribution is 2.28. The first-order valence-corrected chi connectivity index (χ1v) is 11.5. The molecule has 0 aliphatic rings. The third-order valence-electron chi connectivity index (χ3n) is 5.16. The van der Waals surface area contributed by atoms with E-state index in [2.05, 4.69) is 20.5 Å². The second kappa shape index (κ2) is 11.7. The fourth-order valence-corrected chi connectivity index (χ4v) is 3.50. The van der Waals surface area contributed by atoms with Crippen molar-refractivity contribution >= 4 is 23.0 Å². The van der Waals surface area contributed by atoms with Crippen molar-refractivity contribution in [1.29, 1.82) is 0 Å².